The lowest BCUT2D eigenvalue weighted by Crippen LogP contribution is -2.36. The Kier molecular flexibility index (Phi) is 4.21. The van der Waals surface area contributed by atoms with E-state index in [-0.39, 0.29) is 11.8 Å². The number of rotatable bonds is 3. The van der Waals surface area contributed by atoms with Crippen LogP contribution in [0.25, 0.3) is 0 Å². The quantitative estimate of drug-likeness (QED) is 0.921. The van der Waals surface area contributed by atoms with E-state index >= 15 is 0 Å². The van der Waals surface area contributed by atoms with Crippen LogP contribution in [0.2, 0.25) is 0 Å². The highest BCUT2D eigenvalue weighted by Gasteiger charge is 2.22. The van der Waals surface area contributed by atoms with Crippen LogP contribution in [0.3, 0.4) is 0 Å². The van der Waals surface area contributed by atoms with E-state index in [1.165, 1.54) is 12.8 Å². The molecule has 4 heteroatoms. The fraction of sp³-hybridized carbons (Fsp3) is 0.562. The summed E-state index contributed by atoms with van der Waals surface area (Å²) in [7, 11) is 0. The van der Waals surface area contributed by atoms with Crippen LogP contribution in [-0.2, 0) is 9.53 Å². The summed E-state index contributed by atoms with van der Waals surface area (Å²) < 4.78 is 5.37. The number of morpholine rings is 1. The highest BCUT2D eigenvalue weighted by molar-refractivity contribution is 5.93. The number of anilines is 2. The van der Waals surface area contributed by atoms with Crippen molar-refractivity contribution in [1.82, 2.24) is 0 Å². The van der Waals surface area contributed by atoms with Crippen molar-refractivity contribution in [3.63, 3.8) is 0 Å². The van der Waals surface area contributed by atoms with Crippen LogP contribution < -0.4 is 10.2 Å². The van der Waals surface area contributed by atoms with Crippen LogP contribution in [0, 0.1) is 5.92 Å². The molecule has 1 aliphatic carbocycles. The number of benzene rings is 1. The molecule has 108 valence electrons. The van der Waals surface area contributed by atoms with E-state index in [2.05, 4.69) is 22.3 Å². The van der Waals surface area contributed by atoms with E-state index in [0.29, 0.717) is 0 Å². The molecule has 20 heavy (non-hydrogen) atoms. The Labute approximate surface area is 120 Å². The monoisotopic (exact) mass is 274 g/mol. The Bertz CT molecular complexity index is 463. The number of hydrogen-bond acceptors (Lipinski definition) is 3. The van der Waals surface area contributed by atoms with Crippen molar-refractivity contribution in [1.29, 1.82) is 0 Å². The molecule has 1 aromatic carbocycles. The zero-order chi connectivity index (χ0) is 13.8. The molecule has 1 heterocycles. The van der Waals surface area contributed by atoms with Crippen LogP contribution in [0.15, 0.2) is 24.3 Å². The van der Waals surface area contributed by atoms with Gasteiger partial charge < -0.3 is 15.0 Å². The summed E-state index contributed by atoms with van der Waals surface area (Å²) in [6.07, 6.45) is 4.45. The van der Waals surface area contributed by atoms with E-state index in [9.17, 15) is 4.79 Å². The molecule has 0 spiro atoms. The van der Waals surface area contributed by atoms with Crippen molar-refractivity contribution in [2.75, 3.05) is 36.5 Å². The van der Waals surface area contributed by atoms with Crippen LogP contribution >= 0.6 is 0 Å². The van der Waals surface area contributed by atoms with Crippen molar-refractivity contribution >= 4 is 17.3 Å². The average Bonchev–Trinajstić information content (AvgIpc) is 3.03. The van der Waals surface area contributed by atoms with Gasteiger partial charge in [0.15, 0.2) is 0 Å². The van der Waals surface area contributed by atoms with Gasteiger partial charge in [0.1, 0.15) is 0 Å². The predicted molar refractivity (Wildman–Crippen MR) is 80.1 cm³/mol. The molecule has 1 N–H and O–H groups in total. The first kappa shape index (κ1) is 13.4. The van der Waals surface area contributed by atoms with Crippen LogP contribution in [0.5, 0.6) is 0 Å². The maximum Gasteiger partial charge on any atom is 0.227 e. The Hall–Kier alpha value is -1.55. The first-order valence-corrected chi connectivity index (χ1v) is 7.56. The van der Waals surface area contributed by atoms with Gasteiger partial charge in [-0.2, -0.15) is 0 Å². The van der Waals surface area contributed by atoms with Gasteiger partial charge in [-0.25, -0.2) is 0 Å². The smallest absolute Gasteiger partial charge is 0.227 e. The van der Waals surface area contributed by atoms with Crippen molar-refractivity contribution in [2.45, 2.75) is 25.7 Å². The Morgan fingerprint density at radius 1 is 1.20 bits per heavy atom. The van der Waals surface area contributed by atoms with E-state index in [4.69, 9.17) is 4.74 Å². The van der Waals surface area contributed by atoms with Crippen LogP contribution in [0.1, 0.15) is 25.7 Å². The highest BCUT2D eigenvalue weighted by atomic mass is 16.5. The molecule has 2 aliphatic rings. The first-order valence-electron chi connectivity index (χ1n) is 7.56. The number of carbonyl (C=O) groups is 1. The van der Waals surface area contributed by atoms with Crippen molar-refractivity contribution in [3.05, 3.63) is 24.3 Å². The summed E-state index contributed by atoms with van der Waals surface area (Å²) in [5.41, 5.74) is 2.07. The first-order chi connectivity index (χ1) is 9.83. The molecule has 3 rings (SSSR count). The lowest BCUT2D eigenvalue weighted by atomic mass is 10.1. The largest absolute Gasteiger partial charge is 0.378 e. The second-order valence-electron chi connectivity index (χ2n) is 5.62. The molecule has 0 unspecified atom stereocenters. The Morgan fingerprint density at radius 2 is 1.95 bits per heavy atom. The van der Waals surface area contributed by atoms with Gasteiger partial charge in [0, 0.05) is 30.4 Å². The number of hydrogen-bond donors (Lipinski definition) is 1. The zero-order valence-corrected chi connectivity index (χ0v) is 11.8. The van der Waals surface area contributed by atoms with Gasteiger partial charge >= 0.3 is 0 Å². The number of ether oxygens (including phenoxy) is 1. The topological polar surface area (TPSA) is 41.6 Å². The zero-order valence-electron chi connectivity index (χ0n) is 11.8. The third-order valence-electron chi connectivity index (χ3n) is 4.22. The molecule has 1 saturated heterocycles. The fourth-order valence-electron chi connectivity index (χ4n) is 3.03. The summed E-state index contributed by atoms with van der Waals surface area (Å²) in [5.74, 6) is 0.392. The average molecular weight is 274 g/mol. The van der Waals surface area contributed by atoms with Crippen molar-refractivity contribution < 1.29 is 9.53 Å². The Morgan fingerprint density at radius 3 is 2.70 bits per heavy atom. The van der Waals surface area contributed by atoms with Gasteiger partial charge in [0.25, 0.3) is 0 Å². The van der Waals surface area contributed by atoms with Gasteiger partial charge in [-0.05, 0) is 31.0 Å². The minimum absolute atomic E-state index is 0.182. The van der Waals surface area contributed by atoms with Gasteiger partial charge in [-0.15, -0.1) is 0 Å². The second kappa shape index (κ2) is 6.27. The molecule has 2 fully saturated rings. The van der Waals surface area contributed by atoms with E-state index < -0.39 is 0 Å². The molecule has 0 bridgehead atoms. The lowest BCUT2D eigenvalue weighted by molar-refractivity contribution is -0.119. The summed E-state index contributed by atoms with van der Waals surface area (Å²) in [6.45, 7) is 3.39. The molecule has 1 saturated carbocycles. The summed E-state index contributed by atoms with van der Waals surface area (Å²) in [5, 5.41) is 3.07. The maximum atomic E-state index is 12.2. The second-order valence-corrected chi connectivity index (χ2v) is 5.62. The van der Waals surface area contributed by atoms with Gasteiger partial charge in [-0.3, -0.25) is 4.79 Å². The van der Waals surface area contributed by atoms with Gasteiger partial charge in [0.2, 0.25) is 5.91 Å². The third-order valence-corrected chi connectivity index (χ3v) is 4.22. The van der Waals surface area contributed by atoms with E-state index in [1.807, 2.05) is 12.1 Å². The third kappa shape index (κ3) is 3.12. The predicted octanol–water partition coefficient (Wildman–Crippen LogP) is 2.65. The van der Waals surface area contributed by atoms with E-state index in [1.54, 1.807) is 0 Å². The molecular formula is C16H22N2O2. The minimum Gasteiger partial charge on any atom is -0.378 e. The normalized spacial score (nSPS) is 20.1. The standard InChI is InChI=1S/C16H22N2O2/c19-16(13-4-1-2-5-13)17-14-6-3-7-15(12-14)18-8-10-20-11-9-18/h3,6-7,12-13H,1-2,4-5,8-11H2,(H,17,19). The summed E-state index contributed by atoms with van der Waals surface area (Å²) >= 11 is 0. The Balaban J connectivity index is 1.65. The van der Waals surface area contributed by atoms with Crippen LogP contribution in [0.4, 0.5) is 11.4 Å². The van der Waals surface area contributed by atoms with Gasteiger partial charge in [-0.1, -0.05) is 18.9 Å². The SMILES string of the molecule is O=C(Nc1cccc(N2CCOCC2)c1)C1CCCC1. The molecule has 1 aliphatic heterocycles. The fourth-order valence-corrected chi connectivity index (χ4v) is 3.03. The molecule has 4 nitrogen and oxygen atoms in total. The minimum atomic E-state index is 0.182. The molecule has 1 amide bonds. The summed E-state index contributed by atoms with van der Waals surface area (Å²) in [4.78, 5) is 14.5. The van der Waals surface area contributed by atoms with E-state index in [0.717, 1.165) is 50.5 Å². The van der Waals surface area contributed by atoms with Crippen LogP contribution in [-0.4, -0.2) is 32.2 Å². The number of amides is 1. The molecule has 0 atom stereocenters. The number of nitrogens with zero attached hydrogens (tertiary/aromatic N) is 1. The molecule has 0 radical (unpaired) electrons. The number of nitrogens with one attached hydrogen (secondary N) is 1. The van der Waals surface area contributed by atoms with Crippen molar-refractivity contribution in [3.8, 4) is 0 Å². The number of carbonyl (C=O) groups excluding carboxylic acids is 1. The molecule has 0 aromatic heterocycles. The maximum absolute atomic E-state index is 12.2. The van der Waals surface area contributed by atoms with Gasteiger partial charge in [0.05, 0.1) is 13.2 Å². The molecule has 1 aromatic rings. The van der Waals surface area contributed by atoms with Crippen molar-refractivity contribution in [2.24, 2.45) is 5.92 Å². The molecular weight excluding hydrogens is 252 g/mol. The summed E-state index contributed by atoms with van der Waals surface area (Å²) in [6, 6.07) is 8.14. The highest BCUT2D eigenvalue weighted by Crippen LogP contribution is 2.27. The lowest BCUT2D eigenvalue weighted by Gasteiger charge is -2.29.